The van der Waals surface area contributed by atoms with E-state index in [2.05, 4.69) is 12.2 Å². The summed E-state index contributed by atoms with van der Waals surface area (Å²) in [5.41, 5.74) is 3.08. The maximum absolute atomic E-state index is 14.1. The predicted octanol–water partition coefficient (Wildman–Crippen LogP) is 9.08. The third kappa shape index (κ3) is 6.50. The van der Waals surface area contributed by atoms with Gasteiger partial charge in [-0.3, -0.25) is 0 Å². The van der Waals surface area contributed by atoms with Crippen molar-refractivity contribution >= 4 is 42.2 Å². The smallest absolute Gasteiger partial charge is 0.124 e. The molecule has 2 atom stereocenters. The van der Waals surface area contributed by atoms with Gasteiger partial charge < -0.3 is 10.2 Å². The minimum atomic E-state index is -1.56. The molecule has 2 unspecified atom stereocenters. The summed E-state index contributed by atoms with van der Waals surface area (Å²) < 4.78 is 28.2. The van der Waals surface area contributed by atoms with Gasteiger partial charge in [0.25, 0.3) is 0 Å². The zero-order valence-electron chi connectivity index (χ0n) is 24.0. The van der Waals surface area contributed by atoms with Crippen molar-refractivity contribution in [2.24, 2.45) is 0 Å². The highest BCUT2D eigenvalue weighted by atomic mass is 32.2. The van der Waals surface area contributed by atoms with Gasteiger partial charge in [0.1, 0.15) is 11.5 Å². The van der Waals surface area contributed by atoms with Crippen LogP contribution >= 0.6 is 0 Å². The van der Waals surface area contributed by atoms with E-state index in [4.69, 9.17) is 0 Å². The first kappa shape index (κ1) is 29.7. The van der Waals surface area contributed by atoms with Crippen molar-refractivity contribution in [1.82, 2.24) is 0 Å². The van der Waals surface area contributed by atoms with E-state index in [9.17, 15) is 18.6 Å². The molecule has 6 heteroatoms. The second-order valence-electron chi connectivity index (χ2n) is 10.6. The Hall–Kier alpha value is -3.74. The van der Waals surface area contributed by atoms with Crippen LogP contribution in [0.15, 0.2) is 107 Å². The topological polar surface area (TPSA) is 74.6 Å². The fourth-order valence-electron chi connectivity index (χ4n) is 5.19. The van der Waals surface area contributed by atoms with Crippen molar-refractivity contribution in [3.63, 3.8) is 0 Å². The first-order valence-corrected chi connectivity index (χ1v) is 16.7. The summed E-state index contributed by atoms with van der Waals surface area (Å²) in [6, 6.07) is 21.8. The number of aryl methyl sites for hydroxylation is 2. The van der Waals surface area contributed by atoms with Gasteiger partial charge in [-0.05, 0) is 112 Å². The quantitative estimate of drug-likeness (QED) is 0.231. The third-order valence-corrected chi connectivity index (χ3v) is 10.4. The highest BCUT2D eigenvalue weighted by Crippen LogP contribution is 2.43. The summed E-state index contributed by atoms with van der Waals surface area (Å²) in [6.07, 6.45) is 13.3. The van der Waals surface area contributed by atoms with E-state index in [1.165, 1.54) is 0 Å². The molecule has 0 radical (unpaired) electrons. The van der Waals surface area contributed by atoms with Crippen LogP contribution in [0.3, 0.4) is 0 Å². The maximum atomic E-state index is 14.1. The molecule has 0 aromatic heterocycles. The average molecular weight is 597 g/mol. The highest BCUT2D eigenvalue weighted by molar-refractivity contribution is 7.95. The van der Waals surface area contributed by atoms with Gasteiger partial charge >= 0.3 is 0 Å². The first-order valence-electron chi connectivity index (χ1n) is 14.4. The fraction of sp³-hybridized carbons (Fsp3) is 0.222. The number of benzene rings is 4. The molecule has 4 aromatic carbocycles. The molecular formula is C36H36O4S2. The maximum Gasteiger partial charge on any atom is 0.124 e. The Balaban J connectivity index is 1.75. The second-order valence-corrected chi connectivity index (χ2v) is 13.5. The van der Waals surface area contributed by atoms with Crippen molar-refractivity contribution in [3.8, 4) is 11.5 Å². The number of rotatable bonds is 4. The van der Waals surface area contributed by atoms with E-state index in [-0.39, 0.29) is 11.5 Å². The van der Waals surface area contributed by atoms with E-state index in [1.54, 1.807) is 24.3 Å². The SMILES string of the molecule is Cc1ccc(S(=O)/C2=C/CCC/C=C\CCC/C=C(/S(=O)c3ccc(C)cc3)c3c(O)ccc4c2c(O)ccc34)cc1. The van der Waals surface area contributed by atoms with Crippen LogP contribution in [0.25, 0.3) is 20.6 Å². The molecule has 0 amide bonds. The molecule has 4 nitrogen and oxygen atoms in total. The van der Waals surface area contributed by atoms with Gasteiger partial charge in [-0.25, -0.2) is 8.42 Å². The third-order valence-electron chi connectivity index (χ3n) is 7.50. The van der Waals surface area contributed by atoms with E-state index in [0.717, 1.165) is 36.8 Å². The van der Waals surface area contributed by atoms with Crippen LogP contribution in [-0.4, -0.2) is 18.6 Å². The van der Waals surface area contributed by atoms with Gasteiger partial charge in [0.15, 0.2) is 0 Å². The lowest BCUT2D eigenvalue weighted by atomic mass is 9.96. The van der Waals surface area contributed by atoms with Gasteiger partial charge in [-0.1, -0.05) is 59.7 Å². The molecule has 1 aliphatic carbocycles. The molecule has 0 heterocycles. The number of phenolic OH excluding ortho intramolecular Hbond substituents is 2. The highest BCUT2D eigenvalue weighted by Gasteiger charge is 2.24. The fourth-order valence-corrected chi connectivity index (χ4v) is 7.81. The zero-order chi connectivity index (χ0) is 29.6. The van der Waals surface area contributed by atoms with Gasteiger partial charge in [0.2, 0.25) is 0 Å². The van der Waals surface area contributed by atoms with E-state index < -0.39 is 21.6 Å². The summed E-state index contributed by atoms with van der Waals surface area (Å²) in [5.74, 6) is 0.0223. The Morgan fingerprint density at radius 2 is 0.905 bits per heavy atom. The summed E-state index contributed by atoms with van der Waals surface area (Å²) in [7, 11) is -3.13. The Bertz CT molecular complexity index is 1600. The van der Waals surface area contributed by atoms with Gasteiger partial charge in [-0.15, -0.1) is 0 Å². The molecule has 4 aromatic rings. The van der Waals surface area contributed by atoms with Crippen molar-refractivity contribution < 1.29 is 18.6 Å². The van der Waals surface area contributed by atoms with Gasteiger partial charge in [0, 0.05) is 20.9 Å². The normalized spacial score (nSPS) is 19.4. The molecule has 0 fully saturated rings. The number of allylic oxidation sites excluding steroid dienone is 4. The molecule has 2 N–H and O–H groups in total. The van der Waals surface area contributed by atoms with Crippen LogP contribution in [0.4, 0.5) is 0 Å². The van der Waals surface area contributed by atoms with Crippen LogP contribution in [-0.2, 0) is 21.6 Å². The monoisotopic (exact) mass is 596 g/mol. The molecule has 1 aliphatic rings. The zero-order valence-corrected chi connectivity index (χ0v) is 25.6. The van der Waals surface area contributed by atoms with Gasteiger partial charge in [0.05, 0.1) is 31.4 Å². The molecule has 0 saturated heterocycles. The van der Waals surface area contributed by atoms with Gasteiger partial charge in [-0.2, -0.15) is 0 Å². The largest absolute Gasteiger partial charge is 0.507 e. The van der Waals surface area contributed by atoms with Crippen LogP contribution in [0.2, 0.25) is 0 Å². The summed E-state index contributed by atoms with van der Waals surface area (Å²) >= 11 is 0. The van der Waals surface area contributed by atoms with Crippen LogP contribution in [0.5, 0.6) is 11.5 Å². The standard InChI is InChI=1S/C36H36O4S2/c1-25-13-17-27(18-14-25)41(39)33-11-9-7-5-3-4-6-8-10-12-34(42(40)28-19-15-26(2)16-20-28)36-30-22-23-31(37)35(33)29(30)21-24-32(36)38/h3-4,11-24,37-38H,5-10H2,1-2H3/b4-3-,33-11+,34-12+. The number of phenols is 2. The molecule has 4 bridgehead atoms. The molecular weight excluding hydrogens is 561 g/mol. The van der Waals surface area contributed by atoms with Crippen molar-refractivity contribution in [3.05, 3.63) is 119 Å². The van der Waals surface area contributed by atoms with Crippen LogP contribution < -0.4 is 0 Å². The molecule has 0 saturated carbocycles. The van der Waals surface area contributed by atoms with Crippen LogP contribution in [0, 0.1) is 13.8 Å². The minimum absolute atomic E-state index is 0.0112. The lowest BCUT2D eigenvalue weighted by Crippen LogP contribution is -2.01. The molecule has 0 aliphatic heterocycles. The Morgan fingerprint density at radius 1 is 0.524 bits per heavy atom. The number of aromatic hydroxyl groups is 2. The lowest BCUT2D eigenvalue weighted by molar-refractivity contribution is 0.472. The summed E-state index contributed by atoms with van der Waals surface area (Å²) in [6.45, 7) is 3.98. The minimum Gasteiger partial charge on any atom is -0.507 e. The summed E-state index contributed by atoms with van der Waals surface area (Å²) in [5, 5.41) is 23.8. The predicted molar refractivity (Wildman–Crippen MR) is 175 cm³/mol. The second kappa shape index (κ2) is 13.5. The number of hydrogen-bond acceptors (Lipinski definition) is 4. The van der Waals surface area contributed by atoms with E-state index in [1.807, 2.05) is 74.5 Å². The molecule has 216 valence electrons. The lowest BCUT2D eigenvalue weighted by Gasteiger charge is -2.18. The van der Waals surface area contributed by atoms with Crippen molar-refractivity contribution in [1.29, 1.82) is 0 Å². The number of hydrogen-bond donors (Lipinski definition) is 2. The molecule has 0 spiro atoms. The van der Waals surface area contributed by atoms with Crippen molar-refractivity contribution in [2.75, 3.05) is 0 Å². The Kier molecular flexibility index (Phi) is 9.55. The summed E-state index contributed by atoms with van der Waals surface area (Å²) in [4.78, 5) is 2.36. The first-order chi connectivity index (χ1) is 20.3. The average Bonchev–Trinajstić information content (AvgIpc) is 2.98. The van der Waals surface area contributed by atoms with E-state index in [0.29, 0.717) is 54.3 Å². The van der Waals surface area contributed by atoms with E-state index >= 15 is 0 Å². The molecule has 42 heavy (non-hydrogen) atoms. The Morgan fingerprint density at radius 3 is 1.29 bits per heavy atom. The molecule has 5 rings (SSSR count). The van der Waals surface area contributed by atoms with Crippen molar-refractivity contribution in [2.45, 2.75) is 62.2 Å². The Labute approximate surface area is 253 Å². The van der Waals surface area contributed by atoms with Crippen LogP contribution in [0.1, 0.15) is 60.8 Å².